The van der Waals surface area contributed by atoms with E-state index in [9.17, 15) is 61.9 Å². The van der Waals surface area contributed by atoms with Gasteiger partial charge in [0.1, 0.15) is 0 Å². The lowest BCUT2D eigenvalue weighted by Gasteiger charge is -2.35. The molecule has 2 rings (SSSR count). The third-order valence-electron chi connectivity index (χ3n) is 4.92. The van der Waals surface area contributed by atoms with Gasteiger partial charge in [-0.05, 0) is 35.7 Å². The Morgan fingerprint density at radius 1 is 0.718 bits per heavy atom. The van der Waals surface area contributed by atoms with E-state index < -0.39 is 53.7 Å². The molecule has 0 heterocycles. The average Bonchev–Trinajstić information content (AvgIpc) is 2.76. The third-order valence-corrected chi connectivity index (χ3v) is 4.92. The minimum absolute atomic E-state index is 0.0193. The van der Waals surface area contributed by atoms with Gasteiger partial charge in [-0.1, -0.05) is 38.1 Å². The van der Waals surface area contributed by atoms with E-state index in [2.05, 4.69) is 0 Å². The predicted molar refractivity (Wildman–Crippen MR) is 107 cm³/mol. The van der Waals surface area contributed by atoms with Crippen LogP contribution in [0.4, 0.5) is 62.8 Å². The minimum atomic E-state index is -7.52. The summed E-state index contributed by atoms with van der Waals surface area (Å²) in [6, 6.07) is 7.54. The number of anilines is 1. The molecule has 0 unspecified atom stereocenters. The first-order valence-electron chi connectivity index (χ1n) is 10.3. The van der Waals surface area contributed by atoms with Gasteiger partial charge in [-0.25, -0.2) is 9.47 Å². The molecule has 0 radical (unpaired) electrons. The second-order valence-electron chi connectivity index (χ2n) is 8.16. The maximum absolute atomic E-state index is 14.4. The smallest absolute Gasteiger partial charge is 0.322 e. The van der Waals surface area contributed by atoms with Crippen molar-refractivity contribution in [2.45, 2.75) is 56.3 Å². The van der Waals surface area contributed by atoms with Crippen LogP contribution in [0.3, 0.4) is 0 Å². The van der Waals surface area contributed by atoms with Crippen molar-refractivity contribution in [3.05, 3.63) is 65.2 Å². The predicted octanol–water partition coefficient (Wildman–Crippen LogP) is 8.12. The Hall–Kier alpha value is -3.08. The van der Waals surface area contributed by atoms with Crippen molar-refractivity contribution in [1.29, 1.82) is 0 Å². The summed E-state index contributed by atoms with van der Waals surface area (Å²) in [7, 11) is 0. The number of carbonyl (C=O) groups is 1. The summed E-state index contributed by atoms with van der Waals surface area (Å²) in [5.41, 5.74) is -1.75. The summed E-state index contributed by atoms with van der Waals surface area (Å²) in [5.74, 6) is -14.4. The first kappa shape index (κ1) is 32.1. The number of hydrogen-bond donors (Lipinski definition) is 1. The molecule has 0 fully saturated rings. The molecule has 39 heavy (non-hydrogen) atoms. The first-order chi connectivity index (χ1) is 17.4. The fourth-order valence-electron chi connectivity index (χ4n) is 2.85. The molecule has 1 amide bonds. The normalized spacial score (nSPS) is 14.1. The Kier molecular flexibility index (Phi) is 8.63. The molecular formula is C22H16F13NO3. The van der Waals surface area contributed by atoms with E-state index >= 15 is 0 Å². The SMILES string of the molecule is CC(C)c1ccc(C(=O)Nc2cccc(C(F)(F)C(F)(F)OC(F)(F)C(F)(F)C(F)(F)OC(F)(F)F)c2)cc1. The van der Waals surface area contributed by atoms with Crippen LogP contribution in [-0.4, -0.2) is 36.5 Å². The molecule has 0 atom stereocenters. The Bertz CT molecular complexity index is 1160. The number of benzene rings is 2. The highest BCUT2D eigenvalue weighted by atomic mass is 19.4. The number of carbonyl (C=O) groups excluding carboxylic acids is 1. The van der Waals surface area contributed by atoms with Gasteiger partial charge in [0.15, 0.2) is 0 Å². The van der Waals surface area contributed by atoms with Crippen molar-refractivity contribution >= 4 is 11.6 Å². The zero-order valence-electron chi connectivity index (χ0n) is 19.3. The number of amides is 1. The van der Waals surface area contributed by atoms with Gasteiger partial charge < -0.3 is 5.32 Å². The fourth-order valence-corrected chi connectivity index (χ4v) is 2.85. The highest BCUT2D eigenvalue weighted by Crippen LogP contribution is 2.54. The number of rotatable bonds is 10. The summed E-state index contributed by atoms with van der Waals surface area (Å²) in [6.07, 6.45) is -27.9. The monoisotopic (exact) mass is 589 g/mol. The van der Waals surface area contributed by atoms with E-state index in [0.29, 0.717) is 6.07 Å². The minimum Gasteiger partial charge on any atom is -0.322 e. The quantitative estimate of drug-likeness (QED) is 0.285. The molecule has 1 N–H and O–H groups in total. The molecule has 4 nitrogen and oxygen atoms in total. The topological polar surface area (TPSA) is 47.6 Å². The van der Waals surface area contributed by atoms with Crippen molar-refractivity contribution in [1.82, 2.24) is 0 Å². The van der Waals surface area contributed by atoms with Gasteiger partial charge >= 0.3 is 36.5 Å². The van der Waals surface area contributed by atoms with E-state index in [-0.39, 0.29) is 23.6 Å². The number of nitrogens with one attached hydrogen (secondary N) is 1. The Balaban J connectivity index is 2.31. The van der Waals surface area contributed by atoms with Crippen LogP contribution < -0.4 is 5.32 Å². The molecule has 0 aliphatic heterocycles. The van der Waals surface area contributed by atoms with Crippen LogP contribution in [0.15, 0.2) is 48.5 Å². The molecule has 0 bridgehead atoms. The standard InChI is InChI=1S/C22H16F13NO3/c1-11(2)12-6-8-13(9-7-12)16(37)36-15-5-3-4-14(10-15)17(23,24)19(27,28)38-20(29,30)18(25,26)21(31,32)39-22(33,34)35/h3-11H,1-2H3,(H,36,37). The largest absolute Gasteiger partial charge is 0.527 e. The molecule has 2 aromatic carbocycles. The maximum atomic E-state index is 14.4. The van der Waals surface area contributed by atoms with Crippen LogP contribution in [0.2, 0.25) is 0 Å². The van der Waals surface area contributed by atoms with Crippen LogP contribution >= 0.6 is 0 Å². The second kappa shape index (κ2) is 10.5. The van der Waals surface area contributed by atoms with Gasteiger partial charge in [0.25, 0.3) is 5.91 Å². The van der Waals surface area contributed by atoms with Crippen molar-refractivity contribution in [2.24, 2.45) is 0 Å². The van der Waals surface area contributed by atoms with Crippen molar-refractivity contribution in [3.8, 4) is 0 Å². The van der Waals surface area contributed by atoms with Crippen LogP contribution in [0, 0.1) is 0 Å². The van der Waals surface area contributed by atoms with Crippen molar-refractivity contribution in [2.75, 3.05) is 5.32 Å². The average molecular weight is 589 g/mol. The summed E-state index contributed by atoms with van der Waals surface area (Å²) in [4.78, 5) is 12.3. The molecule has 0 aliphatic rings. The molecular weight excluding hydrogens is 573 g/mol. The summed E-state index contributed by atoms with van der Waals surface area (Å²) >= 11 is 0. The molecule has 17 heteroatoms. The molecule has 0 aliphatic carbocycles. The summed E-state index contributed by atoms with van der Waals surface area (Å²) in [6.45, 7) is 3.69. The van der Waals surface area contributed by atoms with Crippen LogP contribution in [-0.2, 0) is 15.4 Å². The van der Waals surface area contributed by atoms with Gasteiger partial charge in [0.2, 0.25) is 0 Å². The van der Waals surface area contributed by atoms with Crippen molar-refractivity contribution in [3.63, 3.8) is 0 Å². The number of halogens is 13. The molecule has 0 spiro atoms. The molecule has 2 aromatic rings. The Labute approximate surface area is 210 Å². The zero-order chi connectivity index (χ0) is 30.2. The maximum Gasteiger partial charge on any atom is 0.527 e. The number of hydrogen-bond acceptors (Lipinski definition) is 3. The highest BCUT2D eigenvalue weighted by Gasteiger charge is 2.80. The van der Waals surface area contributed by atoms with E-state index in [4.69, 9.17) is 0 Å². The highest BCUT2D eigenvalue weighted by molar-refractivity contribution is 6.04. The number of alkyl halides is 13. The van der Waals surface area contributed by atoms with Crippen LogP contribution in [0.25, 0.3) is 0 Å². The first-order valence-corrected chi connectivity index (χ1v) is 10.3. The molecule has 0 saturated carbocycles. The Morgan fingerprint density at radius 2 is 1.23 bits per heavy atom. The molecule has 0 aromatic heterocycles. The summed E-state index contributed by atoms with van der Waals surface area (Å²) in [5, 5.41) is 2.04. The zero-order valence-corrected chi connectivity index (χ0v) is 19.3. The van der Waals surface area contributed by atoms with E-state index in [0.717, 1.165) is 11.6 Å². The van der Waals surface area contributed by atoms with Gasteiger partial charge in [-0.2, -0.15) is 43.9 Å². The lowest BCUT2D eigenvalue weighted by molar-refractivity contribution is -0.535. The molecule has 0 saturated heterocycles. The van der Waals surface area contributed by atoms with E-state index in [1.165, 1.54) is 12.1 Å². The summed E-state index contributed by atoms with van der Waals surface area (Å²) < 4.78 is 176. The van der Waals surface area contributed by atoms with Crippen LogP contribution in [0.5, 0.6) is 0 Å². The van der Waals surface area contributed by atoms with E-state index in [1.807, 2.05) is 23.9 Å². The van der Waals surface area contributed by atoms with Gasteiger partial charge in [-0.15, -0.1) is 13.2 Å². The Morgan fingerprint density at radius 3 is 1.72 bits per heavy atom. The lowest BCUT2D eigenvalue weighted by atomic mass is 10.0. The van der Waals surface area contributed by atoms with Gasteiger partial charge in [-0.3, -0.25) is 4.79 Å². The third kappa shape index (κ3) is 6.93. The van der Waals surface area contributed by atoms with Gasteiger partial charge in [0, 0.05) is 16.8 Å². The van der Waals surface area contributed by atoms with Crippen molar-refractivity contribution < 1.29 is 71.3 Å². The van der Waals surface area contributed by atoms with Crippen LogP contribution in [0.1, 0.15) is 41.3 Å². The lowest BCUT2D eigenvalue weighted by Crippen LogP contribution is -2.61. The van der Waals surface area contributed by atoms with E-state index in [1.54, 1.807) is 16.9 Å². The van der Waals surface area contributed by atoms with Gasteiger partial charge in [0.05, 0.1) is 0 Å². The number of ether oxygens (including phenoxy) is 2. The fraction of sp³-hybridized carbons (Fsp3) is 0.409. The second-order valence-corrected chi connectivity index (χ2v) is 8.16. The molecule has 218 valence electrons.